The Morgan fingerprint density at radius 2 is 1.79 bits per heavy atom. The number of fused-ring (bicyclic) bond motifs is 1. The number of aromatic nitrogens is 1. The van der Waals surface area contributed by atoms with E-state index in [1.165, 1.54) is 18.3 Å². The highest BCUT2D eigenvalue weighted by atomic mass is 35.5. The average Bonchev–Trinajstić information content (AvgIpc) is 2.87. The van der Waals surface area contributed by atoms with Gasteiger partial charge in [-0.2, -0.15) is 13.2 Å². The van der Waals surface area contributed by atoms with E-state index in [1.807, 2.05) is 56.1 Å². The predicted octanol–water partition coefficient (Wildman–Crippen LogP) is 7.89. The summed E-state index contributed by atoms with van der Waals surface area (Å²) in [6.07, 6.45) is -3.43. The van der Waals surface area contributed by atoms with Crippen LogP contribution in [0, 0.1) is 0 Å². The van der Waals surface area contributed by atoms with E-state index >= 15 is 0 Å². The second-order valence-electron chi connectivity index (χ2n) is 9.91. The summed E-state index contributed by atoms with van der Waals surface area (Å²) in [5.41, 5.74) is 1.78. The molecule has 0 fully saturated rings. The lowest BCUT2D eigenvalue weighted by Crippen LogP contribution is -2.29. The van der Waals surface area contributed by atoms with Crippen molar-refractivity contribution in [3.63, 3.8) is 0 Å². The summed E-state index contributed by atoms with van der Waals surface area (Å²) >= 11 is 6.41. The lowest BCUT2D eigenvalue weighted by atomic mass is 9.80. The first-order valence-electron chi connectivity index (χ1n) is 12.9. The Balaban J connectivity index is 0.00000308. The van der Waals surface area contributed by atoms with E-state index in [2.05, 4.69) is 10.3 Å². The number of carbonyl (C=O) groups excluding carboxylic acids is 1. The lowest BCUT2D eigenvalue weighted by molar-refractivity contribution is -0.139. The van der Waals surface area contributed by atoms with Gasteiger partial charge in [0, 0.05) is 30.7 Å². The molecule has 1 N–H and O–H groups in total. The van der Waals surface area contributed by atoms with Crippen LogP contribution in [0.1, 0.15) is 48.9 Å². The van der Waals surface area contributed by atoms with Gasteiger partial charge in [-0.15, -0.1) is 24.8 Å². The Labute approximate surface area is 261 Å². The number of ether oxygens (including phenoxy) is 2. The molecule has 0 saturated carbocycles. The number of hydrogen-bond donors (Lipinski definition) is 1. The van der Waals surface area contributed by atoms with E-state index < -0.39 is 28.6 Å². The number of likely N-dealkylation sites (N-methyl/N-ethyl adjacent to an activating group) is 1. The molecule has 2 heterocycles. The molecular weight excluding hydrogens is 614 g/mol. The molecule has 0 bridgehead atoms. The molecular formula is C30H33Cl3F3N3O3. The van der Waals surface area contributed by atoms with Crippen molar-refractivity contribution in [1.82, 2.24) is 9.88 Å². The normalized spacial score (nSPS) is 14.5. The summed E-state index contributed by atoms with van der Waals surface area (Å²) in [6.45, 7) is 6.50. The Hall–Kier alpha value is -2.98. The molecule has 12 heteroatoms. The van der Waals surface area contributed by atoms with E-state index in [1.54, 1.807) is 13.0 Å². The molecule has 228 valence electrons. The van der Waals surface area contributed by atoms with E-state index in [4.69, 9.17) is 21.1 Å². The van der Waals surface area contributed by atoms with Crippen LogP contribution < -0.4 is 10.1 Å². The molecule has 1 atom stereocenters. The number of nitrogens with one attached hydrogen (secondary N) is 1. The van der Waals surface area contributed by atoms with Gasteiger partial charge in [-0.05, 0) is 51.1 Å². The quantitative estimate of drug-likeness (QED) is 0.239. The van der Waals surface area contributed by atoms with Crippen molar-refractivity contribution in [1.29, 1.82) is 0 Å². The van der Waals surface area contributed by atoms with Crippen LogP contribution in [-0.2, 0) is 22.3 Å². The zero-order valence-corrected chi connectivity index (χ0v) is 25.9. The van der Waals surface area contributed by atoms with Crippen molar-refractivity contribution in [3.8, 4) is 5.88 Å². The van der Waals surface area contributed by atoms with Gasteiger partial charge in [0.15, 0.2) is 0 Å². The minimum atomic E-state index is -4.68. The summed E-state index contributed by atoms with van der Waals surface area (Å²) < 4.78 is 53.1. The summed E-state index contributed by atoms with van der Waals surface area (Å²) in [5.74, 6) is -1.48. The van der Waals surface area contributed by atoms with Gasteiger partial charge in [0.05, 0.1) is 33.7 Å². The van der Waals surface area contributed by atoms with Gasteiger partial charge in [-0.1, -0.05) is 54.1 Å². The van der Waals surface area contributed by atoms with Gasteiger partial charge in [0.25, 0.3) is 0 Å². The maximum Gasteiger partial charge on any atom is 0.417 e. The van der Waals surface area contributed by atoms with E-state index in [0.717, 1.165) is 11.6 Å². The third-order valence-corrected chi connectivity index (χ3v) is 6.89. The molecule has 0 aliphatic carbocycles. The van der Waals surface area contributed by atoms with Crippen LogP contribution in [-0.4, -0.2) is 42.2 Å². The van der Waals surface area contributed by atoms with E-state index in [9.17, 15) is 18.0 Å². The summed E-state index contributed by atoms with van der Waals surface area (Å²) in [4.78, 5) is 20.0. The van der Waals surface area contributed by atoms with Crippen LogP contribution in [0.5, 0.6) is 5.88 Å². The molecule has 3 aromatic rings. The number of esters is 1. The van der Waals surface area contributed by atoms with Crippen LogP contribution in [0.3, 0.4) is 0 Å². The molecule has 6 nitrogen and oxygen atoms in total. The largest absolute Gasteiger partial charge is 0.475 e. The van der Waals surface area contributed by atoms with Crippen molar-refractivity contribution in [2.45, 2.75) is 45.5 Å². The lowest BCUT2D eigenvalue weighted by Gasteiger charge is -2.32. The number of carbonyl (C=O) groups is 1. The van der Waals surface area contributed by atoms with Crippen LogP contribution >= 0.6 is 36.4 Å². The number of nitrogens with zero attached hydrogens (tertiary/aromatic N) is 2. The van der Waals surface area contributed by atoms with Crippen molar-refractivity contribution < 1.29 is 27.4 Å². The number of pyridine rings is 1. The summed E-state index contributed by atoms with van der Waals surface area (Å²) in [6, 6.07) is 15.2. The zero-order valence-electron chi connectivity index (χ0n) is 23.5. The monoisotopic (exact) mass is 645 g/mol. The van der Waals surface area contributed by atoms with Gasteiger partial charge in [0.2, 0.25) is 5.88 Å². The van der Waals surface area contributed by atoms with Crippen molar-refractivity contribution in [3.05, 3.63) is 99.3 Å². The first-order valence-corrected chi connectivity index (χ1v) is 13.2. The summed E-state index contributed by atoms with van der Waals surface area (Å²) in [5, 5.41) is 2.69. The van der Waals surface area contributed by atoms with Crippen molar-refractivity contribution in [2.24, 2.45) is 0 Å². The second kappa shape index (κ2) is 15.0. The molecule has 42 heavy (non-hydrogen) atoms. The molecule has 1 aliphatic heterocycles. The molecule has 1 unspecified atom stereocenters. The zero-order chi connectivity index (χ0) is 29.0. The fourth-order valence-electron chi connectivity index (χ4n) is 4.71. The fourth-order valence-corrected chi connectivity index (χ4v) is 5.05. The van der Waals surface area contributed by atoms with Crippen molar-refractivity contribution >= 4 is 48.1 Å². The first-order chi connectivity index (χ1) is 19.0. The first kappa shape index (κ1) is 35.2. The molecule has 0 spiro atoms. The van der Waals surface area contributed by atoms with Crippen LogP contribution in [0.25, 0.3) is 0 Å². The predicted molar refractivity (Wildman–Crippen MR) is 163 cm³/mol. The molecule has 4 rings (SSSR count). The fraction of sp³-hybridized carbons (Fsp3) is 0.333. The van der Waals surface area contributed by atoms with E-state index in [0.29, 0.717) is 30.0 Å². The SMILES string of the molecule is CC1=C(C(=O)OCCN(C)Cc2ccccc2)C(c2cccc(C(F)(F)F)c2Cl)c2c(ccnc2OC(C)C)N1.Cl.Cl. The smallest absolute Gasteiger partial charge is 0.417 e. The van der Waals surface area contributed by atoms with Crippen LogP contribution in [0.2, 0.25) is 5.02 Å². The molecule has 0 amide bonds. The molecule has 2 aromatic carbocycles. The maximum absolute atomic E-state index is 13.8. The Morgan fingerprint density at radius 1 is 1.10 bits per heavy atom. The Morgan fingerprint density at radius 3 is 2.43 bits per heavy atom. The number of alkyl halides is 3. The average molecular weight is 647 g/mol. The highest BCUT2D eigenvalue weighted by Crippen LogP contribution is 2.49. The topological polar surface area (TPSA) is 63.7 Å². The number of allylic oxidation sites excluding steroid dienone is 1. The molecule has 0 saturated heterocycles. The molecule has 1 aliphatic rings. The van der Waals surface area contributed by atoms with Crippen LogP contribution in [0.4, 0.5) is 18.9 Å². The van der Waals surface area contributed by atoms with Gasteiger partial charge in [0.1, 0.15) is 6.61 Å². The minimum absolute atomic E-state index is 0. The van der Waals surface area contributed by atoms with Gasteiger partial charge in [-0.25, -0.2) is 9.78 Å². The highest BCUT2D eigenvalue weighted by molar-refractivity contribution is 6.32. The number of benzene rings is 2. The van der Waals surface area contributed by atoms with Gasteiger partial charge in [-0.3, -0.25) is 4.90 Å². The summed E-state index contributed by atoms with van der Waals surface area (Å²) in [7, 11) is 1.91. The standard InChI is InChI=1S/C30H31ClF3N3O3.2ClH/c1-18(2)40-28-26-23(13-14-35-28)36-19(3)24(25(26)21-11-8-12-22(27(21)31)30(32,33)34)29(38)39-16-15-37(4)17-20-9-6-5-7-10-20;;/h5-14,18,25,36H,15-17H2,1-4H3;2*1H. The second-order valence-corrected chi connectivity index (χ2v) is 10.3. The molecule has 1 aromatic heterocycles. The van der Waals surface area contributed by atoms with Gasteiger partial charge < -0.3 is 14.8 Å². The molecule has 0 radical (unpaired) electrons. The third kappa shape index (κ3) is 8.10. The Bertz CT molecular complexity index is 1400. The number of rotatable bonds is 9. The van der Waals surface area contributed by atoms with Gasteiger partial charge >= 0.3 is 12.1 Å². The maximum atomic E-state index is 13.8. The highest BCUT2D eigenvalue weighted by Gasteiger charge is 2.40. The van der Waals surface area contributed by atoms with Crippen LogP contribution in [0.15, 0.2) is 72.1 Å². The van der Waals surface area contributed by atoms with E-state index in [-0.39, 0.29) is 54.5 Å². The number of anilines is 1. The van der Waals surface area contributed by atoms with Crippen molar-refractivity contribution in [2.75, 3.05) is 25.5 Å². The number of hydrogen-bond acceptors (Lipinski definition) is 6. The third-order valence-electron chi connectivity index (χ3n) is 6.47. The minimum Gasteiger partial charge on any atom is -0.475 e. The Kier molecular flexibility index (Phi) is 12.5. The number of halogens is 6.